The predicted molar refractivity (Wildman–Crippen MR) is 108 cm³/mol. The van der Waals surface area contributed by atoms with Crippen LogP contribution in [-0.4, -0.2) is 38.5 Å². The monoisotopic (exact) mass is 386 g/mol. The molecule has 0 radical (unpaired) electrons. The number of rotatable bonds is 8. The number of hydrogen-bond acceptors (Lipinski definition) is 5. The van der Waals surface area contributed by atoms with E-state index in [4.69, 9.17) is 10.1 Å². The lowest BCUT2D eigenvalue weighted by molar-refractivity contribution is 0.296. The minimum absolute atomic E-state index is 0.153. The van der Waals surface area contributed by atoms with Crippen molar-refractivity contribution in [2.45, 2.75) is 31.5 Å². The van der Waals surface area contributed by atoms with E-state index in [2.05, 4.69) is 29.1 Å². The van der Waals surface area contributed by atoms with Gasteiger partial charge in [0.05, 0.1) is 11.4 Å². The molecule has 2 aromatic heterocycles. The van der Waals surface area contributed by atoms with Gasteiger partial charge in [-0.25, -0.2) is 14.4 Å². The Bertz CT molecular complexity index is 880. The minimum atomic E-state index is -0.273. The Morgan fingerprint density at radius 3 is 2.67 bits per heavy atom. The number of H-pyrrole nitrogens is 1. The summed E-state index contributed by atoms with van der Waals surface area (Å²) in [6.45, 7) is 4.27. The maximum absolute atomic E-state index is 13.3. The minimum Gasteiger partial charge on any atom is -0.396 e. The third kappa shape index (κ3) is 5.08. The number of aliphatic hydroxyl groups excluding tert-OH is 1. The number of nitrogens with zero attached hydrogens (tertiary/aromatic N) is 2. The van der Waals surface area contributed by atoms with Crippen molar-refractivity contribution in [3.8, 4) is 22.5 Å². The first-order chi connectivity index (χ1) is 13.1. The van der Waals surface area contributed by atoms with Crippen molar-refractivity contribution in [1.82, 2.24) is 15.0 Å². The van der Waals surface area contributed by atoms with Crippen molar-refractivity contribution >= 4 is 17.6 Å². The van der Waals surface area contributed by atoms with Crippen LogP contribution in [0.3, 0.4) is 0 Å². The molecule has 0 spiro atoms. The van der Waals surface area contributed by atoms with Gasteiger partial charge < -0.3 is 15.4 Å². The Morgan fingerprint density at radius 1 is 1.19 bits per heavy atom. The van der Waals surface area contributed by atoms with Crippen LogP contribution in [0.5, 0.6) is 0 Å². The van der Waals surface area contributed by atoms with Crippen LogP contribution in [0.4, 0.5) is 10.2 Å². The van der Waals surface area contributed by atoms with E-state index in [1.807, 2.05) is 12.1 Å². The molecule has 7 heteroatoms. The highest BCUT2D eigenvalue weighted by Crippen LogP contribution is 2.33. The second kappa shape index (κ2) is 9.01. The zero-order chi connectivity index (χ0) is 19.2. The van der Waals surface area contributed by atoms with E-state index < -0.39 is 0 Å². The number of aromatic amines is 1. The normalized spacial score (nSPS) is 11.1. The number of benzene rings is 1. The molecule has 0 bridgehead atoms. The fraction of sp³-hybridized carbons (Fsp3) is 0.300. The number of pyridine rings is 1. The van der Waals surface area contributed by atoms with Gasteiger partial charge in [0, 0.05) is 35.7 Å². The number of imidazole rings is 1. The van der Waals surface area contributed by atoms with Crippen LogP contribution in [0.25, 0.3) is 22.5 Å². The fourth-order valence-corrected chi connectivity index (χ4v) is 3.44. The summed E-state index contributed by atoms with van der Waals surface area (Å²) in [6.07, 6.45) is 2.45. The smallest absolute Gasteiger partial charge is 0.166 e. The maximum Gasteiger partial charge on any atom is 0.166 e. The van der Waals surface area contributed by atoms with Crippen molar-refractivity contribution in [3.63, 3.8) is 0 Å². The molecular formula is C20H23FN4OS. The molecule has 3 aromatic rings. The highest BCUT2D eigenvalue weighted by molar-refractivity contribution is 7.99. The number of aromatic nitrogens is 3. The topological polar surface area (TPSA) is 73.8 Å². The Labute approximate surface area is 162 Å². The molecule has 27 heavy (non-hydrogen) atoms. The second-order valence-electron chi connectivity index (χ2n) is 6.43. The zero-order valence-electron chi connectivity index (χ0n) is 15.4. The summed E-state index contributed by atoms with van der Waals surface area (Å²) in [6, 6.07) is 10.5. The molecule has 0 fully saturated rings. The zero-order valence-corrected chi connectivity index (χ0v) is 16.2. The van der Waals surface area contributed by atoms with Crippen molar-refractivity contribution < 1.29 is 9.50 Å². The van der Waals surface area contributed by atoms with Crippen LogP contribution in [0.1, 0.15) is 20.3 Å². The van der Waals surface area contributed by atoms with E-state index in [1.165, 1.54) is 12.1 Å². The molecular weight excluding hydrogens is 363 g/mol. The molecule has 1 aromatic carbocycles. The van der Waals surface area contributed by atoms with Crippen LogP contribution in [0.2, 0.25) is 0 Å². The lowest BCUT2D eigenvalue weighted by Crippen LogP contribution is -2.10. The van der Waals surface area contributed by atoms with E-state index in [0.29, 0.717) is 6.42 Å². The van der Waals surface area contributed by atoms with Crippen LogP contribution >= 0.6 is 11.8 Å². The van der Waals surface area contributed by atoms with E-state index >= 15 is 0 Å². The molecule has 2 heterocycles. The molecule has 142 valence electrons. The molecule has 0 aliphatic rings. The van der Waals surface area contributed by atoms with E-state index in [1.54, 1.807) is 30.1 Å². The van der Waals surface area contributed by atoms with E-state index in [-0.39, 0.29) is 18.5 Å². The number of aliphatic hydroxyl groups is 1. The molecule has 0 unspecified atom stereocenters. The average Bonchev–Trinajstić information content (AvgIpc) is 3.06. The van der Waals surface area contributed by atoms with E-state index in [9.17, 15) is 4.39 Å². The number of nitrogens with one attached hydrogen (secondary N) is 2. The maximum atomic E-state index is 13.3. The molecule has 0 saturated heterocycles. The lowest BCUT2D eigenvalue weighted by atomic mass is 10.1. The Balaban J connectivity index is 2.00. The van der Waals surface area contributed by atoms with Crippen LogP contribution < -0.4 is 5.32 Å². The van der Waals surface area contributed by atoms with Gasteiger partial charge in [-0.3, -0.25) is 0 Å². The van der Waals surface area contributed by atoms with Gasteiger partial charge in [0.15, 0.2) is 5.16 Å². The summed E-state index contributed by atoms with van der Waals surface area (Å²) in [4.78, 5) is 12.4. The highest BCUT2D eigenvalue weighted by atomic mass is 32.2. The quantitative estimate of drug-likeness (QED) is 0.391. The number of anilines is 1. The molecule has 0 aliphatic carbocycles. The standard InChI is InChI=1S/C20H23FN4OS/c1-13(2)23-17-12-15(8-9-22-17)19-18(14-4-6-16(21)7-5-14)24-20(25-19)27-11-3-10-26/h4-9,12-13,26H,3,10-11H2,1-2H3,(H,22,23)(H,24,25). The van der Waals surface area contributed by atoms with Crippen LogP contribution in [0, 0.1) is 5.82 Å². The molecule has 0 aliphatic heterocycles. The molecule has 0 saturated carbocycles. The first-order valence-corrected chi connectivity index (χ1v) is 9.88. The van der Waals surface area contributed by atoms with Gasteiger partial charge in [0.2, 0.25) is 0 Å². The summed E-state index contributed by atoms with van der Waals surface area (Å²) in [5.41, 5.74) is 3.42. The van der Waals surface area contributed by atoms with Crippen LogP contribution in [0.15, 0.2) is 47.8 Å². The number of halogens is 1. The van der Waals surface area contributed by atoms with Gasteiger partial charge in [-0.15, -0.1) is 0 Å². The lowest BCUT2D eigenvalue weighted by Gasteiger charge is -2.10. The third-order valence-corrected chi connectivity index (χ3v) is 4.79. The number of hydrogen-bond donors (Lipinski definition) is 3. The fourth-order valence-electron chi connectivity index (χ4n) is 2.64. The average molecular weight is 386 g/mol. The summed E-state index contributed by atoms with van der Waals surface area (Å²) in [5.74, 6) is 1.28. The third-order valence-electron chi connectivity index (χ3n) is 3.83. The summed E-state index contributed by atoms with van der Waals surface area (Å²) in [5, 5.41) is 13.1. The molecule has 5 nitrogen and oxygen atoms in total. The molecule has 0 amide bonds. The first kappa shape index (κ1) is 19.4. The molecule has 3 N–H and O–H groups in total. The molecule has 3 rings (SSSR count). The SMILES string of the molecule is CC(C)Nc1cc(-c2nc(SCCCO)[nH]c2-c2ccc(F)cc2)ccn1. The Morgan fingerprint density at radius 2 is 1.96 bits per heavy atom. The predicted octanol–water partition coefficient (Wildman–Crippen LogP) is 4.57. The Kier molecular flexibility index (Phi) is 6.47. The summed E-state index contributed by atoms with van der Waals surface area (Å²) in [7, 11) is 0. The van der Waals surface area contributed by atoms with Gasteiger partial charge in [0.1, 0.15) is 11.6 Å². The summed E-state index contributed by atoms with van der Waals surface area (Å²) < 4.78 is 13.3. The van der Waals surface area contributed by atoms with Crippen molar-refractivity contribution in [2.75, 3.05) is 17.7 Å². The van der Waals surface area contributed by atoms with Gasteiger partial charge in [-0.1, -0.05) is 11.8 Å². The van der Waals surface area contributed by atoms with Gasteiger partial charge in [-0.2, -0.15) is 0 Å². The highest BCUT2D eigenvalue weighted by Gasteiger charge is 2.15. The summed E-state index contributed by atoms with van der Waals surface area (Å²) >= 11 is 1.56. The van der Waals surface area contributed by atoms with Gasteiger partial charge >= 0.3 is 0 Å². The largest absolute Gasteiger partial charge is 0.396 e. The van der Waals surface area contributed by atoms with Gasteiger partial charge in [-0.05, 0) is 56.7 Å². The Hall–Kier alpha value is -2.38. The second-order valence-corrected chi connectivity index (χ2v) is 7.51. The van der Waals surface area contributed by atoms with Gasteiger partial charge in [0.25, 0.3) is 0 Å². The van der Waals surface area contributed by atoms with E-state index in [0.717, 1.165) is 39.2 Å². The molecule has 0 atom stereocenters. The van der Waals surface area contributed by atoms with Crippen molar-refractivity contribution in [2.24, 2.45) is 0 Å². The van der Waals surface area contributed by atoms with Crippen LogP contribution in [-0.2, 0) is 0 Å². The van der Waals surface area contributed by atoms with Crippen molar-refractivity contribution in [1.29, 1.82) is 0 Å². The first-order valence-electron chi connectivity index (χ1n) is 8.89. The number of thioether (sulfide) groups is 1. The van der Waals surface area contributed by atoms with Crippen molar-refractivity contribution in [3.05, 3.63) is 48.4 Å².